The Labute approximate surface area is 176 Å². The van der Waals surface area contributed by atoms with E-state index in [-0.39, 0.29) is 18.0 Å². The molecular formula is C22H29N3O5. The Balaban J connectivity index is 1.58. The minimum Gasteiger partial charge on any atom is -0.490 e. The van der Waals surface area contributed by atoms with Crippen molar-refractivity contribution in [3.63, 3.8) is 0 Å². The molecule has 0 radical (unpaired) electrons. The van der Waals surface area contributed by atoms with Crippen molar-refractivity contribution >= 4 is 12.0 Å². The van der Waals surface area contributed by atoms with Gasteiger partial charge in [-0.25, -0.2) is 9.59 Å². The van der Waals surface area contributed by atoms with Crippen molar-refractivity contribution in [2.75, 3.05) is 32.9 Å². The number of nitrogens with one attached hydrogen (secondary N) is 2. The molecule has 1 aromatic carbocycles. The van der Waals surface area contributed by atoms with Gasteiger partial charge in [-0.1, -0.05) is 6.07 Å². The molecule has 0 bridgehead atoms. The summed E-state index contributed by atoms with van der Waals surface area (Å²) in [4.78, 5) is 26.9. The first-order chi connectivity index (χ1) is 14.6. The van der Waals surface area contributed by atoms with Crippen LogP contribution in [0.25, 0.3) is 0 Å². The molecule has 3 aliphatic rings. The van der Waals surface area contributed by atoms with E-state index in [0.717, 1.165) is 42.9 Å². The third-order valence-corrected chi connectivity index (χ3v) is 5.75. The Morgan fingerprint density at radius 2 is 2.03 bits per heavy atom. The number of likely N-dealkylation sites (tertiary alicyclic amines) is 1. The summed E-state index contributed by atoms with van der Waals surface area (Å²) in [6, 6.07) is 5.61. The molecule has 4 rings (SSSR count). The fourth-order valence-electron chi connectivity index (χ4n) is 4.39. The van der Waals surface area contributed by atoms with Crippen LogP contribution in [0, 0.1) is 0 Å². The average Bonchev–Trinajstić information content (AvgIpc) is 3.03. The molecule has 1 fully saturated rings. The van der Waals surface area contributed by atoms with Crippen LogP contribution in [0.15, 0.2) is 29.5 Å². The number of carbonyl (C=O) groups excluding carboxylic acids is 2. The maximum atomic E-state index is 12.5. The monoisotopic (exact) mass is 415 g/mol. The second-order valence-electron chi connectivity index (χ2n) is 7.82. The number of nitrogens with zero attached hydrogens (tertiary/aromatic N) is 1. The fraction of sp³-hybridized carbons (Fsp3) is 0.545. The summed E-state index contributed by atoms with van der Waals surface area (Å²) >= 11 is 0. The summed E-state index contributed by atoms with van der Waals surface area (Å²) < 4.78 is 16.8. The summed E-state index contributed by atoms with van der Waals surface area (Å²) in [7, 11) is 0. The van der Waals surface area contributed by atoms with Gasteiger partial charge in [-0.05, 0) is 50.9 Å². The van der Waals surface area contributed by atoms with Gasteiger partial charge in [0.05, 0.1) is 31.4 Å². The molecule has 0 spiro atoms. The molecule has 1 aromatic rings. The first-order valence-electron chi connectivity index (χ1n) is 10.7. The molecule has 2 atom stereocenters. The van der Waals surface area contributed by atoms with E-state index >= 15 is 0 Å². The van der Waals surface area contributed by atoms with Crippen molar-refractivity contribution in [1.82, 2.24) is 15.5 Å². The van der Waals surface area contributed by atoms with Crippen LogP contribution in [-0.2, 0) is 9.53 Å². The van der Waals surface area contributed by atoms with Crippen molar-refractivity contribution in [2.24, 2.45) is 0 Å². The average molecular weight is 415 g/mol. The number of ether oxygens (including phenoxy) is 3. The minimum atomic E-state index is -0.396. The second-order valence-corrected chi connectivity index (χ2v) is 7.82. The lowest BCUT2D eigenvalue weighted by Crippen LogP contribution is -2.51. The zero-order valence-corrected chi connectivity index (χ0v) is 17.5. The number of esters is 1. The summed E-state index contributed by atoms with van der Waals surface area (Å²) in [5.41, 5.74) is 2.26. The van der Waals surface area contributed by atoms with Gasteiger partial charge in [0.25, 0.3) is 0 Å². The summed E-state index contributed by atoms with van der Waals surface area (Å²) in [5, 5.41) is 5.58. The van der Waals surface area contributed by atoms with Crippen LogP contribution in [0.4, 0.5) is 4.79 Å². The Kier molecular flexibility index (Phi) is 6.13. The highest BCUT2D eigenvalue weighted by atomic mass is 16.5. The highest BCUT2D eigenvalue weighted by Gasteiger charge is 2.34. The van der Waals surface area contributed by atoms with E-state index in [0.29, 0.717) is 37.6 Å². The lowest BCUT2D eigenvalue weighted by atomic mass is 10.0. The van der Waals surface area contributed by atoms with Gasteiger partial charge >= 0.3 is 12.0 Å². The zero-order valence-electron chi connectivity index (χ0n) is 17.5. The van der Waals surface area contributed by atoms with E-state index in [9.17, 15) is 9.59 Å². The van der Waals surface area contributed by atoms with Gasteiger partial charge in [-0.2, -0.15) is 0 Å². The number of hydrogen-bond acceptors (Lipinski definition) is 6. The molecule has 2 N–H and O–H groups in total. The number of amides is 2. The molecule has 8 heteroatoms. The van der Waals surface area contributed by atoms with E-state index in [1.807, 2.05) is 6.07 Å². The lowest BCUT2D eigenvalue weighted by molar-refractivity contribution is -0.139. The predicted molar refractivity (Wildman–Crippen MR) is 110 cm³/mol. The Hall–Kier alpha value is -2.74. The van der Waals surface area contributed by atoms with Crippen LogP contribution < -0.4 is 20.1 Å². The first-order valence-corrected chi connectivity index (χ1v) is 10.7. The van der Waals surface area contributed by atoms with Gasteiger partial charge in [-0.3, -0.25) is 4.90 Å². The standard InChI is InChI=1S/C22H29N3O5/c1-3-28-21(26)20-14(2)23-22(27)24-16(20)13-25-9-4-6-17(25)15-7-8-18-19(12-15)30-11-5-10-29-18/h7-8,12,14,17H,3-6,9-11,13H2,1-2H3,(H2,23,24,27)/t14-,17+/m1/s1. The quantitative estimate of drug-likeness (QED) is 0.719. The van der Waals surface area contributed by atoms with Gasteiger partial charge in [0.2, 0.25) is 0 Å². The SMILES string of the molecule is CCOC(=O)C1=C(CN2CCC[C@H]2c2ccc3c(c2)OCCCO3)NC(=O)N[C@@H]1C. The van der Waals surface area contributed by atoms with Gasteiger partial charge in [-0.15, -0.1) is 0 Å². The maximum Gasteiger partial charge on any atom is 0.337 e. The summed E-state index contributed by atoms with van der Waals surface area (Å²) in [5.74, 6) is 1.18. The molecule has 0 saturated carbocycles. The van der Waals surface area contributed by atoms with Gasteiger partial charge in [0.15, 0.2) is 11.5 Å². The van der Waals surface area contributed by atoms with Gasteiger partial charge in [0.1, 0.15) is 0 Å². The van der Waals surface area contributed by atoms with Crippen LogP contribution in [0.2, 0.25) is 0 Å². The molecule has 2 amide bonds. The minimum absolute atomic E-state index is 0.181. The van der Waals surface area contributed by atoms with Crippen molar-refractivity contribution < 1.29 is 23.8 Å². The molecule has 0 aliphatic carbocycles. The fourth-order valence-corrected chi connectivity index (χ4v) is 4.39. The number of hydrogen-bond donors (Lipinski definition) is 2. The zero-order chi connectivity index (χ0) is 21.1. The molecule has 3 aliphatic heterocycles. The smallest absolute Gasteiger partial charge is 0.337 e. The van der Waals surface area contributed by atoms with E-state index in [4.69, 9.17) is 14.2 Å². The predicted octanol–water partition coefficient (Wildman–Crippen LogP) is 2.50. The molecule has 8 nitrogen and oxygen atoms in total. The van der Waals surface area contributed by atoms with Crippen molar-refractivity contribution in [2.45, 2.75) is 45.2 Å². The first kappa shape index (κ1) is 20.5. The van der Waals surface area contributed by atoms with Gasteiger partial charge < -0.3 is 24.8 Å². The molecule has 1 saturated heterocycles. The normalized spacial score (nSPS) is 24.1. The number of benzene rings is 1. The number of carbonyl (C=O) groups is 2. The molecular weight excluding hydrogens is 386 g/mol. The number of urea groups is 1. The molecule has 30 heavy (non-hydrogen) atoms. The van der Waals surface area contributed by atoms with Crippen LogP contribution in [0.1, 0.15) is 44.7 Å². The van der Waals surface area contributed by atoms with Crippen LogP contribution in [-0.4, -0.2) is 55.9 Å². The Morgan fingerprint density at radius 1 is 1.23 bits per heavy atom. The summed E-state index contributed by atoms with van der Waals surface area (Å²) in [6.45, 7) is 6.55. The van der Waals surface area contributed by atoms with E-state index in [1.54, 1.807) is 13.8 Å². The third-order valence-electron chi connectivity index (χ3n) is 5.75. The number of fused-ring (bicyclic) bond motifs is 1. The Bertz CT molecular complexity index is 853. The highest BCUT2D eigenvalue weighted by Crippen LogP contribution is 2.38. The van der Waals surface area contributed by atoms with Crippen molar-refractivity contribution in [1.29, 1.82) is 0 Å². The van der Waals surface area contributed by atoms with Crippen LogP contribution in [0.5, 0.6) is 11.5 Å². The second kappa shape index (κ2) is 8.95. The van der Waals surface area contributed by atoms with E-state index < -0.39 is 6.04 Å². The third kappa shape index (κ3) is 4.23. The van der Waals surface area contributed by atoms with Crippen LogP contribution >= 0.6 is 0 Å². The molecule has 0 aromatic heterocycles. The lowest BCUT2D eigenvalue weighted by Gasteiger charge is -2.31. The maximum absolute atomic E-state index is 12.5. The van der Waals surface area contributed by atoms with Crippen molar-refractivity contribution in [3.05, 3.63) is 35.0 Å². The molecule has 162 valence electrons. The van der Waals surface area contributed by atoms with E-state index in [1.165, 1.54) is 0 Å². The topological polar surface area (TPSA) is 89.1 Å². The van der Waals surface area contributed by atoms with Gasteiger partial charge in [0, 0.05) is 24.7 Å². The largest absolute Gasteiger partial charge is 0.490 e. The number of rotatable bonds is 5. The molecule has 3 heterocycles. The van der Waals surface area contributed by atoms with Crippen LogP contribution in [0.3, 0.4) is 0 Å². The highest BCUT2D eigenvalue weighted by molar-refractivity contribution is 5.94. The Morgan fingerprint density at radius 3 is 2.83 bits per heavy atom. The van der Waals surface area contributed by atoms with Crippen molar-refractivity contribution in [3.8, 4) is 11.5 Å². The summed E-state index contributed by atoms with van der Waals surface area (Å²) in [6.07, 6.45) is 2.92. The molecule has 0 unspecified atom stereocenters. The van der Waals surface area contributed by atoms with E-state index in [2.05, 4.69) is 27.7 Å².